The number of carboxylic acids is 3. The van der Waals surface area contributed by atoms with Crippen molar-refractivity contribution in [3.05, 3.63) is 70.8 Å². The van der Waals surface area contributed by atoms with Gasteiger partial charge >= 0.3 is 23.9 Å². The molecule has 1 atom stereocenters. The molecule has 0 aliphatic heterocycles. The van der Waals surface area contributed by atoms with Crippen molar-refractivity contribution in [2.24, 2.45) is 5.92 Å². The van der Waals surface area contributed by atoms with E-state index in [0.29, 0.717) is 32.3 Å². The zero-order chi connectivity index (χ0) is 26.6. The van der Waals surface area contributed by atoms with Gasteiger partial charge in [0, 0.05) is 10.8 Å². The molecule has 0 amide bonds. The van der Waals surface area contributed by atoms with Crippen LogP contribution in [-0.4, -0.2) is 45.8 Å². The molecule has 0 heterocycles. The van der Waals surface area contributed by atoms with E-state index in [2.05, 4.69) is 0 Å². The van der Waals surface area contributed by atoms with E-state index < -0.39 is 23.9 Å². The van der Waals surface area contributed by atoms with Crippen LogP contribution in [0.5, 0.6) is 0 Å². The average molecular weight is 498 g/mol. The molecule has 0 aliphatic rings. The molecule has 3 N–H and O–H groups in total. The molecule has 5 aromatic carbocycles. The van der Waals surface area contributed by atoms with Gasteiger partial charge in [0.05, 0.1) is 28.9 Å². The summed E-state index contributed by atoms with van der Waals surface area (Å²) in [6.45, 7) is 4.12. The number of carbonyl (C=O) groups excluding carboxylic acids is 1. The van der Waals surface area contributed by atoms with E-state index in [1.807, 2.05) is 13.8 Å². The van der Waals surface area contributed by atoms with Gasteiger partial charge in [-0.25, -0.2) is 19.2 Å². The van der Waals surface area contributed by atoms with Crippen molar-refractivity contribution in [1.29, 1.82) is 0 Å². The molecule has 5 rings (SSSR count). The number of carbonyl (C=O) groups is 4. The third-order valence-electron chi connectivity index (χ3n) is 7.01. The normalized spacial score (nSPS) is 12.4. The van der Waals surface area contributed by atoms with Crippen LogP contribution >= 0.6 is 0 Å². The Morgan fingerprint density at radius 2 is 0.973 bits per heavy atom. The molecular formula is C29H22O8. The summed E-state index contributed by atoms with van der Waals surface area (Å²) in [4.78, 5) is 49.4. The highest BCUT2D eigenvalue weighted by Gasteiger charge is 2.26. The van der Waals surface area contributed by atoms with Gasteiger partial charge in [0.2, 0.25) is 0 Å². The minimum Gasteiger partial charge on any atom is -0.478 e. The number of aromatic carboxylic acids is 3. The number of esters is 1. The maximum atomic E-state index is 13.1. The molecule has 8 heteroatoms. The summed E-state index contributed by atoms with van der Waals surface area (Å²) in [5, 5.41) is 33.1. The Labute approximate surface area is 210 Å². The Kier molecular flexibility index (Phi) is 5.67. The molecule has 0 radical (unpaired) electrons. The van der Waals surface area contributed by atoms with Gasteiger partial charge < -0.3 is 20.1 Å². The molecule has 0 aromatic heterocycles. The van der Waals surface area contributed by atoms with Crippen LogP contribution in [0.25, 0.3) is 43.1 Å². The van der Waals surface area contributed by atoms with Crippen LogP contribution in [0.4, 0.5) is 0 Å². The second kappa shape index (κ2) is 8.74. The zero-order valence-corrected chi connectivity index (χ0v) is 20.0. The molecule has 0 fully saturated rings. The molecular weight excluding hydrogens is 476 g/mol. The van der Waals surface area contributed by atoms with Crippen LogP contribution in [0.15, 0.2) is 48.5 Å². The van der Waals surface area contributed by atoms with Gasteiger partial charge in [0.1, 0.15) is 0 Å². The van der Waals surface area contributed by atoms with Gasteiger partial charge in [0.25, 0.3) is 0 Å². The summed E-state index contributed by atoms with van der Waals surface area (Å²) in [5.74, 6) is -4.23. The Morgan fingerprint density at radius 3 is 1.32 bits per heavy atom. The van der Waals surface area contributed by atoms with Crippen molar-refractivity contribution in [2.75, 3.05) is 6.61 Å². The molecule has 0 saturated heterocycles. The summed E-state index contributed by atoms with van der Waals surface area (Å²) >= 11 is 0. The maximum Gasteiger partial charge on any atom is 0.338 e. The molecule has 0 saturated carbocycles. The quantitative estimate of drug-likeness (QED) is 0.140. The largest absolute Gasteiger partial charge is 0.478 e. The summed E-state index contributed by atoms with van der Waals surface area (Å²) in [7, 11) is 0. The first kappa shape index (κ1) is 24.0. The van der Waals surface area contributed by atoms with E-state index in [-0.39, 0.29) is 45.6 Å². The lowest BCUT2D eigenvalue weighted by atomic mass is 9.84. The van der Waals surface area contributed by atoms with Gasteiger partial charge in [-0.05, 0) is 62.5 Å². The lowest BCUT2D eigenvalue weighted by Gasteiger charge is -2.19. The number of ether oxygens (including phenoxy) is 1. The monoisotopic (exact) mass is 498 g/mol. The number of carboxylic acid groups (broad SMARTS) is 3. The number of rotatable bonds is 7. The topological polar surface area (TPSA) is 138 Å². The van der Waals surface area contributed by atoms with Crippen LogP contribution in [0.3, 0.4) is 0 Å². The van der Waals surface area contributed by atoms with E-state index >= 15 is 0 Å². The van der Waals surface area contributed by atoms with E-state index in [1.165, 1.54) is 24.3 Å². The van der Waals surface area contributed by atoms with Gasteiger partial charge in [-0.3, -0.25) is 0 Å². The highest BCUT2D eigenvalue weighted by Crippen LogP contribution is 2.44. The molecule has 0 bridgehead atoms. The zero-order valence-electron chi connectivity index (χ0n) is 20.0. The summed E-state index contributed by atoms with van der Waals surface area (Å²) in [6, 6.07) is 12.1. The van der Waals surface area contributed by atoms with Gasteiger partial charge in [-0.2, -0.15) is 0 Å². The maximum absolute atomic E-state index is 13.1. The first-order valence-corrected chi connectivity index (χ1v) is 11.7. The van der Waals surface area contributed by atoms with Crippen molar-refractivity contribution < 1.29 is 39.2 Å². The molecule has 186 valence electrons. The van der Waals surface area contributed by atoms with Crippen LogP contribution in [0.2, 0.25) is 0 Å². The van der Waals surface area contributed by atoms with Crippen molar-refractivity contribution in [3.63, 3.8) is 0 Å². The number of hydrogen-bond acceptors (Lipinski definition) is 5. The standard InChI is InChI=1S/C29H22O8/c1-3-13(2)12-37-29(36)21-11-7-17-15-5-9-19(27(32)33)24-18(26(30)31)8-4-14(22(15)24)16-6-10-20(28(34)35)25(21)23(16)17/h4-11,13H,3,12H2,1-2H3,(H,30,31)(H,32,33)(H,34,35). The predicted octanol–water partition coefficient (Wildman–Crippen LogP) is 6.03. The van der Waals surface area contributed by atoms with Crippen LogP contribution in [0, 0.1) is 5.92 Å². The number of fused-ring (bicyclic) bond motifs is 2. The second-order valence-corrected chi connectivity index (χ2v) is 9.17. The average Bonchev–Trinajstić information content (AvgIpc) is 2.88. The van der Waals surface area contributed by atoms with Crippen molar-refractivity contribution in [3.8, 4) is 0 Å². The second-order valence-electron chi connectivity index (χ2n) is 9.17. The lowest BCUT2D eigenvalue weighted by molar-refractivity contribution is 0.0448. The summed E-state index contributed by atoms with van der Waals surface area (Å²) < 4.78 is 5.50. The number of hydrogen-bond donors (Lipinski definition) is 3. The van der Waals surface area contributed by atoms with Gasteiger partial charge in [-0.15, -0.1) is 0 Å². The molecule has 0 spiro atoms. The van der Waals surface area contributed by atoms with Gasteiger partial charge in [0.15, 0.2) is 0 Å². The van der Waals surface area contributed by atoms with Crippen molar-refractivity contribution >= 4 is 67.0 Å². The Morgan fingerprint density at radius 1 is 0.622 bits per heavy atom. The van der Waals surface area contributed by atoms with Crippen molar-refractivity contribution in [1.82, 2.24) is 0 Å². The van der Waals surface area contributed by atoms with Crippen LogP contribution < -0.4 is 0 Å². The fraction of sp³-hybridized carbons (Fsp3) is 0.172. The summed E-state index contributed by atoms with van der Waals surface area (Å²) in [6.07, 6.45) is 0.814. The summed E-state index contributed by atoms with van der Waals surface area (Å²) in [5.41, 5.74) is -0.249. The third kappa shape index (κ3) is 3.60. The van der Waals surface area contributed by atoms with E-state index in [9.17, 15) is 34.5 Å². The van der Waals surface area contributed by atoms with E-state index in [4.69, 9.17) is 4.74 Å². The number of benzene rings is 5. The Hall–Kier alpha value is -4.72. The van der Waals surface area contributed by atoms with Crippen LogP contribution in [0.1, 0.15) is 61.7 Å². The molecule has 1 unspecified atom stereocenters. The van der Waals surface area contributed by atoms with Crippen molar-refractivity contribution in [2.45, 2.75) is 20.3 Å². The predicted molar refractivity (Wildman–Crippen MR) is 138 cm³/mol. The molecule has 5 aromatic rings. The molecule has 0 aliphatic carbocycles. The molecule has 37 heavy (non-hydrogen) atoms. The first-order chi connectivity index (χ1) is 17.6. The SMILES string of the molecule is CCC(C)COC(=O)c1ccc2c3ccc(C(=O)O)c4c(C(=O)O)ccc(c5ccc(C(=O)O)c1c52)c43. The van der Waals surface area contributed by atoms with Crippen LogP contribution in [-0.2, 0) is 4.74 Å². The Bertz CT molecular complexity index is 1710. The lowest BCUT2D eigenvalue weighted by Crippen LogP contribution is -2.13. The smallest absolute Gasteiger partial charge is 0.338 e. The minimum atomic E-state index is -1.26. The van der Waals surface area contributed by atoms with E-state index in [1.54, 1.807) is 24.3 Å². The fourth-order valence-electron chi connectivity index (χ4n) is 5.01. The molecule has 8 nitrogen and oxygen atoms in total. The third-order valence-corrected chi connectivity index (χ3v) is 7.01. The fourth-order valence-corrected chi connectivity index (χ4v) is 5.01. The first-order valence-electron chi connectivity index (χ1n) is 11.7. The highest BCUT2D eigenvalue weighted by atomic mass is 16.5. The van der Waals surface area contributed by atoms with E-state index in [0.717, 1.165) is 6.42 Å². The van der Waals surface area contributed by atoms with Gasteiger partial charge in [-0.1, -0.05) is 44.5 Å². The minimum absolute atomic E-state index is 0.0694. The Balaban J connectivity index is 1.96. The highest BCUT2D eigenvalue weighted by molar-refractivity contribution is 6.38.